The summed E-state index contributed by atoms with van der Waals surface area (Å²) in [7, 11) is -9.87. The normalized spacial score (nSPS) is 14.5. The molecule has 0 amide bonds. The lowest BCUT2D eigenvalue weighted by Crippen LogP contribution is -2.30. The number of aliphatic hydroxyl groups excluding tert-OH is 1. The van der Waals surface area contributed by atoms with Gasteiger partial charge in [0.2, 0.25) is 0 Å². The van der Waals surface area contributed by atoms with Gasteiger partial charge in [-0.3, -0.25) is 37.3 Å². The Hall–Kier alpha value is -1.94. The molecular weight excluding hydrogens is 1020 g/mol. The van der Waals surface area contributed by atoms with Crippen LogP contribution in [0.4, 0.5) is 0 Å². The number of rotatable bonds is 56. The van der Waals surface area contributed by atoms with E-state index >= 15 is 0 Å². The molecule has 0 bridgehead atoms. The molecular formula is C57H110O17P2. The van der Waals surface area contributed by atoms with Gasteiger partial charge in [0.1, 0.15) is 19.3 Å². The minimum atomic E-state index is -4.93. The summed E-state index contributed by atoms with van der Waals surface area (Å²) in [6, 6.07) is 0. The third-order valence-corrected chi connectivity index (χ3v) is 14.9. The molecule has 17 nitrogen and oxygen atoms in total. The highest BCUT2D eigenvalue weighted by molar-refractivity contribution is 7.47. The maximum atomic E-state index is 12.9. The van der Waals surface area contributed by atoms with Gasteiger partial charge in [0.25, 0.3) is 0 Å². The van der Waals surface area contributed by atoms with Crippen LogP contribution in [-0.2, 0) is 65.4 Å². The van der Waals surface area contributed by atoms with E-state index in [0.29, 0.717) is 37.5 Å². The topological polar surface area (TPSA) is 237 Å². The Morgan fingerprint density at radius 2 is 0.605 bits per heavy atom. The number of esters is 4. The summed E-state index contributed by atoms with van der Waals surface area (Å²) in [5.74, 6) is -0.776. The highest BCUT2D eigenvalue weighted by atomic mass is 31.2. The van der Waals surface area contributed by atoms with E-state index in [4.69, 9.17) is 37.0 Å². The average molecular weight is 1130 g/mol. The first kappa shape index (κ1) is 74.1. The molecule has 0 heterocycles. The highest BCUT2D eigenvalue weighted by Gasteiger charge is 2.30. The van der Waals surface area contributed by atoms with Crippen LogP contribution in [0.2, 0.25) is 0 Å². The summed E-state index contributed by atoms with van der Waals surface area (Å²) in [5, 5.41) is 10.5. The third-order valence-electron chi connectivity index (χ3n) is 13.0. The first-order valence-corrected chi connectivity index (χ1v) is 33.0. The van der Waals surface area contributed by atoms with Crippen molar-refractivity contribution in [1.29, 1.82) is 0 Å². The molecule has 0 spiro atoms. The molecule has 0 radical (unpaired) electrons. The number of phosphoric acid groups is 2. The van der Waals surface area contributed by atoms with Crippen LogP contribution >= 0.6 is 15.6 Å². The quantitative estimate of drug-likeness (QED) is 0.0222. The lowest BCUT2D eigenvalue weighted by molar-refractivity contribution is -0.161. The predicted molar refractivity (Wildman–Crippen MR) is 298 cm³/mol. The highest BCUT2D eigenvalue weighted by Crippen LogP contribution is 2.45. The van der Waals surface area contributed by atoms with E-state index in [2.05, 4.69) is 41.5 Å². The smallest absolute Gasteiger partial charge is 0.462 e. The molecule has 3 N–H and O–H groups in total. The molecule has 0 saturated carbocycles. The van der Waals surface area contributed by atoms with E-state index in [1.165, 1.54) is 77.0 Å². The molecule has 0 aromatic heterocycles. The van der Waals surface area contributed by atoms with Crippen LogP contribution in [0.1, 0.15) is 273 Å². The molecule has 19 heteroatoms. The summed E-state index contributed by atoms with van der Waals surface area (Å²) in [5.41, 5.74) is 0. The number of phosphoric ester groups is 2. The molecule has 0 aromatic carbocycles. The minimum Gasteiger partial charge on any atom is -0.462 e. The van der Waals surface area contributed by atoms with Crippen molar-refractivity contribution in [3.63, 3.8) is 0 Å². The van der Waals surface area contributed by atoms with Crippen molar-refractivity contribution in [2.45, 2.75) is 291 Å². The van der Waals surface area contributed by atoms with Crippen molar-refractivity contribution in [2.75, 3.05) is 39.6 Å². The van der Waals surface area contributed by atoms with E-state index in [9.17, 15) is 43.2 Å². The molecule has 0 aliphatic carbocycles. The van der Waals surface area contributed by atoms with Crippen molar-refractivity contribution >= 4 is 39.5 Å². The first-order valence-electron chi connectivity index (χ1n) is 30.0. The number of hydrogen-bond acceptors (Lipinski definition) is 15. The summed E-state index contributed by atoms with van der Waals surface area (Å²) >= 11 is 0. The van der Waals surface area contributed by atoms with Crippen molar-refractivity contribution in [3.8, 4) is 0 Å². The van der Waals surface area contributed by atoms with Gasteiger partial charge in [0, 0.05) is 25.7 Å². The fourth-order valence-corrected chi connectivity index (χ4v) is 9.87. The molecule has 0 aliphatic rings. The maximum Gasteiger partial charge on any atom is 0.472 e. The van der Waals surface area contributed by atoms with Gasteiger partial charge in [-0.1, -0.05) is 221 Å². The van der Waals surface area contributed by atoms with Crippen LogP contribution in [0.3, 0.4) is 0 Å². The van der Waals surface area contributed by atoms with Crippen molar-refractivity contribution in [2.24, 2.45) is 11.8 Å². The van der Waals surface area contributed by atoms with Gasteiger partial charge in [-0.15, -0.1) is 0 Å². The molecule has 76 heavy (non-hydrogen) atoms. The average Bonchev–Trinajstić information content (AvgIpc) is 3.37. The van der Waals surface area contributed by atoms with E-state index in [0.717, 1.165) is 103 Å². The van der Waals surface area contributed by atoms with Crippen LogP contribution in [0, 0.1) is 11.8 Å². The number of hydrogen-bond donors (Lipinski definition) is 3. The lowest BCUT2D eigenvalue weighted by atomic mass is 10.0. The molecule has 0 aliphatic heterocycles. The fraction of sp³-hybridized carbons (Fsp3) is 0.930. The second-order valence-electron chi connectivity index (χ2n) is 21.6. The number of carbonyl (C=O) groups is 4. The van der Waals surface area contributed by atoms with Crippen LogP contribution in [-0.4, -0.2) is 96.7 Å². The van der Waals surface area contributed by atoms with E-state index < -0.39 is 97.5 Å². The lowest BCUT2D eigenvalue weighted by Gasteiger charge is -2.21. The SMILES string of the molecule is CCCCCCCCCCCC(=O)O[C@H](COC(=O)CCCCCCCCCC)COP(=O)(O)OC[C@H](O)COP(=O)(O)OC[C@@H](COC(=O)CCCCCCCCC(C)C)OC(=O)CCCCCCCCCC(C)C. The van der Waals surface area contributed by atoms with Crippen molar-refractivity contribution in [3.05, 3.63) is 0 Å². The Bertz CT molecular complexity index is 1510. The second kappa shape index (κ2) is 50.1. The summed E-state index contributed by atoms with van der Waals surface area (Å²) in [6.45, 7) is 9.24. The van der Waals surface area contributed by atoms with Gasteiger partial charge < -0.3 is 33.8 Å². The van der Waals surface area contributed by atoms with Gasteiger partial charge in [-0.25, -0.2) is 9.13 Å². The monoisotopic (exact) mass is 1130 g/mol. The maximum absolute atomic E-state index is 12.9. The van der Waals surface area contributed by atoms with Gasteiger partial charge >= 0.3 is 39.5 Å². The largest absolute Gasteiger partial charge is 0.472 e. The Morgan fingerprint density at radius 1 is 0.355 bits per heavy atom. The van der Waals surface area contributed by atoms with Crippen LogP contribution in [0.5, 0.6) is 0 Å². The predicted octanol–water partition coefficient (Wildman–Crippen LogP) is 14.9. The molecule has 2 unspecified atom stereocenters. The molecule has 450 valence electrons. The zero-order valence-electron chi connectivity index (χ0n) is 48.5. The number of aliphatic hydroxyl groups is 1. The molecule has 0 aromatic rings. The van der Waals surface area contributed by atoms with Gasteiger partial charge in [0.15, 0.2) is 12.2 Å². The van der Waals surface area contributed by atoms with Gasteiger partial charge in [0.05, 0.1) is 26.4 Å². The number of unbranched alkanes of at least 4 members (excludes halogenated alkanes) is 26. The minimum absolute atomic E-state index is 0.102. The van der Waals surface area contributed by atoms with E-state index in [-0.39, 0.29) is 25.7 Å². The molecule has 0 rings (SSSR count). The standard InChI is InChI=1S/C57H110O17P2/c1-7-9-11-13-15-17-21-29-35-41-56(61)73-52(45-67-54(59)39-33-27-20-16-14-12-10-8-2)47-71-75(63,64)69-43-51(58)44-70-76(65,66)72-48-53(46-68-55(60)40-34-28-24-23-26-32-38-50(5)6)74-57(62)42-36-30-22-18-19-25-31-37-49(3)4/h49-53,58H,7-48H2,1-6H3,(H,63,64)(H,65,66)/t51-,52+,53+/m0/s1. The van der Waals surface area contributed by atoms with Crippen molar-refractivity contribution < 1.29 is 80.2 Å². The summed E-state index contributed by atoms with van der Waals surface area (Å²) in [4.78, 5) is 71.7. The van der Waals surface area contributed by atoms with Gasteiger partial charge in [-0.05, 0) is 37.5 Å². The molecule has 0 fully saturated rings. The zero-order valence-corrected chi connectivity index (χ0v) is 50.3. The first-order chi connectivity index (χ1) is 36.4. The van der Waals surface area contributed by atoms with E-state index in [1.807, 2.05) is 0 Å². The van der Waals surface area contributed by atoms with Gasteiger partial charge in [-0.2, -0.15) is 0 Å². The Balaban J connectivity index is 5.22. The summed E-state index contributed by atoms with van der Waals surface area (Å²) in [6.07, 6.45) is 29.6. The molecule has 0 saturated heterocycles. The zero-order chi connectivity index (χ0) is 56.6. The van der Waals surface area contributed by atoms with E-state index in [1.54, 1.807) is 0 Å². The van der Waals surface area contributed by atoms with Crippen LogP contribution in [0.15, 0.2) is 0 Å². The van der Waals surface area contributed by atoms with Crippen LogP contribution in [0.25, 0.3) is 0 Å². The number of carbonyl (C=O) groups excluding carboxylic acids is 4. The fourth-order valence-electron chi connectivity index (χ4n) is 8.29. The number of ether oxygens (including phenoxy) is 4. The molecule has 5 atom stereocenters. The Labute approximate surface area is 460 Å². The summed E-state index contributed by atoms with van der Waals surface area (Å²) < 4.78 is 67.5. The third kappa shape index (κ3) is 51.5. The second-order valence-corrected chi connectivity index (χ2v) is 24.5. The van der Waals surface area contributed by atoms with Crippen molar-refractivity contribution in [1.82, 2.24) is 0 Å². The Morgan fingerprint density at radius 3 is 0.895 bits per heavy atom. The van der Waals surface area contributed by atoms with Crippen LogP contribution < -0.4 is 0 Å². The Kier molecular flexibility index (Phi) is 48.8.